The highest BCUT2D eigenvalue weighted by Crippen LogP contribution is 2.38. The number of amides is 3. The van der Waals surface area contributed by atoms with Gasteiger partial charge < -0.3 is 19.5 Å². The van der Waals surface area contributed by atoms with E-state index in [1.807, 2.05) is 6.92 Å². The predicted octanol–water partition coefficient (Wildman–Crippen LogP) is 1.31. The van der Waals surface area contributed by atoms with Gasteiger partial charge in [-0.25, -0.2) is 4.79 Å². The lowest BCUT2D eigenvalue weighted by molar-refractivity contribution is -0.149. The van der Waals surface area contributed by atoms with Gasteiger partial charge in [0.15, 0.2) is 18.1 Å². The molecule has 0 saturated heterocycles. The van der Waals surface area contributed by atoms with Crippen LogP contribution in [0, 0.1) is 11.8 Å². The van der Waals surface area contributed by atoms with E-state index in [9.17, 15) is 14.4 Å². The van der Waals surface area contributed by atoms with Crippen molar-refractivity contribution in [1.29, 1.82) is 0 Å². The summed E-state index contributed by atoms with van der Waals surface area (Å²) in [4.78, 5) is 34.9. The number of benzene rings is 1. The maximum absolute atomic E-state index is 11.8. The standard InChI is InChI=1S/C16H18N2O6/c1-9-6-11(9)15(20)24-8-14(19)18-16(21)17-10-2-3-12-13(7-10)23-5-4-22-12/h2-3,7,9,11H,4-6,8H2,1H3,(H2,17,18,19,21)/t9-,11+/m1/s1. The summed E-state index contributed by atoms with van der Waals surface area (Å²) in [5.41, 5.74) is 0.452. The van der Waals surface area contributed by atoms with Crippen LogP contribution in [0.25, 0.3) is 0 Å². The molecule has 0 bridgehead atoms. The summed E-state index contributed by atoms with van der Waals surface area (Å²) in [7, 11) is 0. The van der Waals surface area contributed by atoms with E-state index in [0.29, 0.717) is 36.3 Å². The molecule has 2 N–H and O–H groups in total. The Balaban J connectivity index is 1.45. The van der Waals surface area contributed by atoms with Crippen molar-refractivity contribution < 1.29 is 28.6 Å². The Morgan fingerprint density at radius 3 is 2.62 bits per heavy atom. The summed E-state index contributed by atoms with van der Waals surface area (Å²) in [5.74, 6) is 0.224. The minimum Gasteiger partial charge on any atom is -0.486 e. The van der Waals surface area contributed by atoms with Crippen LogP contribution >= 0.6 is 0 Å². The molecule has 3 amide bonds. The fraction of sp³-hybridized carbons (Fsp3) is 0.438. The average Bonchev–Trinajstić information content (AvgIpc) is 3.29. The van der Waals surface area contributed by atoms with Gasteiger partial charge in [0.2, 0.25) is 0 Å². The zero-order chi connectivity index (χ0) is 17.1. The number of ether oxygens (including phenoxy) is 3. The fourth-order valence-corrected chi connectivity index (χ4v) is 2.34. The highest BCUT2D eigenvalue weighted by Gasteiger charge is 2.40. The number of fused-ring (bicyclic) bond motifs is 1. The van der Waals surface area contributed by atoms with E-state index in [1.165, 1.54) is 0 Å². The Labute approximate surface area is 138 Å². The minimum atomic E-state index is -0.715. The molecule has 128 valence electrons. The highest BCUT2D eigenvalue weighted by molar-refractivity contribution is 6.02. The number of hydrogen-bond donors (Lipinski definition) is 2. The third-order valence-corrected chi connectivity index (χ3v) is 3.81. The zero-order valence-corrected chi connectivity index (χ0v) is 13.2. The first-order valence-corrected chi connectivity index (χ1v) is 7.70. The Bertz CT molecular complexity index is 675. The van der Waals surface area contributed by atoms with Gasteiger partial charge in [-0.05, 0) is 24.5 Å². The van der Waals surface area contributed by atoms with Crippen LogP contribution in [0.5, 0.6) is 11.5 Å². The second-order valence-corrected chi connectivity index (χ2v) is 5.79. The lowest BCUT2D eigenvalue weighted by Gasteiger charge is -2.19. The van der Waals surface area contributed by atoms with Crippen LogP contribution in [0.4, 0.5) is 10.5 Å². The van der Waals surface area contributed by atoms with Gasteiger partial charge in [0.05, 0.1) is 5.92 Å². The summed E-state index contributed by atoms with van der Waals surface area (Å²) in [6.45, 7) is 2.38. The van der Waals surface area contributed by atoms with Crippen LogP contribution in [0.15, 0.2) is 18.2 Å². The maximum Gasteiger partial charge on any atom is 0.325 e. The first-order chi connectivity index (χ1) is 11.5. The van der Waals surface area contributed by atoms with Gasteiger partial charge in [-0.15, -0.1) is 0 Å². The molecule has 0 aromatic heterocycles. The number of imide groups is 1. The number of urea groups is 1. The van der Waals surface area contributed by atoms with Crippen molar-refractivity contribution in [2.45, 2.75) is 13.3 Å². The Hall–Kier alpha value is -2.77. The van der Waals surface area contributed by atoms with Crippen LogP contribution in [0.2, 0.25) is 0 Å². The molecule has 3 rings (SSSR count). The van der Waals surface area contributed by atoms with Gasteiger partial charge in [-0.1, -0.05) is 6.92 Å². The molecule has 2 aliphatic rings. The van der Waals surface area contributed by atoms with E-state index in [-0.39, 0.29) is 5.92 Å². The molecule has 1 aliphatic heterocycles. The summed E-state index contributed by atoms with van der Waals surface area (Å²) in [6, 6.07) is 4.19. The van der Waals surface area contributed by atoms with Gasteiger partial charge in [-0.3, -0.25) is 14.9 Å². The van der Waals surface area contributed by atoms with Crippen molar-refractivity contribution in [2.24, 2.45) is 11.8 Å². The van der Waals surface area contributed by atoms with Crippen molar-refractivity contribution in [3.63, 3.8) is 0 Å². The number of esters is 1. The van der Waals surface area contributed by atoms with Gasteiger partial charge >= 0.3 is 12.0 Å². The molecule has 24 heavy (non-hydrogen) atoms. The summed E-state index contributed by atoms with van der Waals surface area (Å²) in [6.07, 6.45) is 0.783. The second-order valence-electron chi connectivity index (χ2n) is 5.79. The highest BCUT2D eigenvalue weighted by atomic mass is 16.6. The molecule has 1 aromatic rings. The summed E-state index contributed by atoms with van der Waals surface area (Å²) in [5, 5.41) is 4.60. The monoisotopic (exact) mass is 334 g/mol. The Kier molecular flexibility index (Phi) is 4.54. The van der Waals surface area contributed by atoms with Crippen molar-refractivity contribution in [3.05, 3.63) is 18.2 Å². The van der Waals surface area contributed by atoms with Crippen LogP contribution < -0.4 is 20.1 Å². The maximum atomic E-state index is 11.8. The lowest BCUT2D eigenvalue weighted by Crippen LogP contribution is -2.37. The molecule has 1 aromatic carbocycles. The quantitative estimate of drug-likeness (QED) is 0.805. The largest absolute Gasteiger partial charge is 0.486 e. The second kappa shape index (κ2) is 6.77. The van der Waals surface area contributed by atoms with E-state index in [0.717, 1.165) is 6.42 Å². The first kappa shape index (κ1) is 16.1. The molecule has 8 nitrogen and oxygen atoms in total. The van der Waals surface area contributed by atoms with Crippen LogP contribution in [-0.4, -0.2) is 37.7 Å². The molecule has 0 radical (unpaired) electrons. The predicted molar refractivity (Wildman–Crippen MR) is 82.8 cm³/mol. The molecule has 1 aliphatic carbocycles. The van der Waals surface area contributed by atoms with Gasteiger partial charge in [0.1, 0.15) is 13.2 Å². The molecular weight excluding hydrogens is 316 g/mol. The minimum absolute atomic E-state index is 0.121. The van der Waals surface area contributed by atoms with E-state index in [2.05, 4.69) is 10.6 Å². The smallest absolute Gasteiger partial charge is 0.325 e. The number of nitrogens with one attached hydrogen (secondary N) is 2. The normalized spacial score (nSPS) is 20.7. The molecule has 8 heteroatoms. The topological polar surface area (TPSA) is 103 Å². The van der Waals surface area contributed by atoms with E-state index in [1.54, 1.807) is 18.2 Å². The first-order valence-electron chi connectivity index (χ1n) is 7.70. The van der Waals surface area contributed by atoms with Crippen molar-refractivity contribution in [2.75, 3.05) is 25.1 Å². The Morgan fingerprint density at radius 1 is 1.21 bits per heavy atom. The van der Waals surface area contributed by atoms with Crippen molar-refractivity contribution >= 4 is 23.6 Å². The number of carbonyl (C=O) groups is 3. The molecule has 2 atom stereocenters. The van der Waals surface area contributed by atoms with Gasteiger partial charge in [0.25, 0.3) is 5.91 Å². The number of anilines is 1. The molecule has 1 saturated carbocycles. The van der Waals surface area contributed by atoms with Crippen LogP contribution in [0.1, 0.15) is 13.3 Å². The number of carbonyl (C=O) groups excluding carboxylic acids is 3. The van der Waals surface area contributed by atoms with Gasteiger partial charge in [0, 0.05) is 11.8 Å². The zero-order valence-electron chi connectivity index (χ0n) is 13.2. The molecule has 1 heterocycles. The van der Waals surface area contributed by atoms with E-state index in [4.69, 9.17) is 14.2 Å². The van der Waals surface area contributed by atoms with Crippen molar-refractivity contribution in [3.8, 4) is 11.5 Å². The molecule has 0 unspecified atom stereocenters. The van der Waals surface area contributed by atoms with E-state index < -0.39 is 24.5 Å². The summed E-state index contributed by atoms with van der Waals surface area (Å²) < 4.78 is 15.6. The number of rotatable bonds is 4. The SMILES string of the molecule is C[C@@H]1C[C@@H]1C(=O)OCC(=O)NC(=O)Nc1ccc2c(c1)OCCO2. The summed E-state index contributed by atoms with van der Waals surface area (Å²) >= 11 is 0. The molecule has 0 spiro atoms. The third kappa shape index (κ3) is 3.95. The lowest BCUT2D eigenvalue weighted by atomic mass is 10.2. The van der Waals surface area contributed by atoms with Crippen LogP contribution in [0.3, 0.4) is 0 Å². The van der Waals surface area contributed by atoms with Crippen molar-refractivity contribution in [1.82, 2.24) is 5.32 Å². The van der Waals surface area contributed by atoms with Crippen LogP contribution in [-0.2, 0) is 14.3 Å². The third-order valence-electron chi connectivity index (χ3n) is 3.81. The number of hydrogen-bond acceptors (Lipinski definition) is 6. The Morgan fingerprint density at radius 2 is 1.92 bits per heavy atom. The molecule has 1 fully saturated rings. The fourth-order valence-electron chi connectivity index (χ4n) is 2.34. The van der Waals surface area contributed by atoms with Gasteiger partial charge in [-0.2, -0.15) is 0 Å². The molecular formula is C16H18N2O6. The van der Waals surface area contributed by atoms with E-state index >= 15 is 0 Å². The average molecular weight is 334 g/mol.